The Balaban J connectivity index is 0.00000484. The van der Waals surface area contributed by atoms with Gasteiger partial charge in [0.1, 0.15) is 0 Å². The van der Waals surface area contributed by atoms with Gasteiger partial charge in [-0.3, -0.25) is 4.99 Å². The van der Waals surface area contributed by atoms with Crippen LogP contribution in [0.5, 0.6) is 0 Å². The standard InChI is InChI=1S/C16H29ClN4O.HI/c1-5-7-9-22-10-8-19-16(18-6-2)21(4)13-15-11-14(17)12-20(15)3;/h11-12H,5-10,13H2,1-4H3,(H,18,19);1H. The Morgan fingerprint density at radius 3 is 2.70 bits per heavy atom. The van der Waals surface area contributed by atoms with Crippen molar-refractivity contribution in [2.45, 2.75) is 33.2 Å². The monoisotopic (exact) mass is 456 g/mol. The van der Waals surface area contributed by atoms with Crippen LogP contribution in [0.15, 0.2) is 17.3 Å². The van der Waals surface area contributed by atoms with Crippen LogP contribution in [-0.4, -0.2) is 48.8 Å². The molecule has 0 aliphatic rings. The molecule has 0 atom stereocenters. The summed E-state index contributed by atoms with van der Waals surface area (Å²) in [5.41, 5.74) is 1.15. The Bertz CT molecular complexity index is 465. The Morgan fingerprint density at radius 2 is 2.13 bits per heavy atom. The number of nitrogens with zero attached hydrogens (tertiary/aromatic N) is 3. The molecule has 1 heterocycles. The second-order valence-electron chi connectivity index (χ2n) is 5.32. The zero-order valence-corrected chi connectivity index (χ0v) is 17.7. The van der Waals surface area contributed by atoms with Gasteiger partial charge in [-0.15, -0.1) is 24.0 Å². The number of aliphatic imine (C=N–C) groups is 1. The zero-order chi connectivity index (χ0) is 16.4. The molecule has 1 rings (SSSR count). The fraction of sp³-hybridized carbons (Fsp3) is 0.688. The molecule has 0 aliphatic heterocycles. The van der Waals surface area contributed by atoms with Crippen molar-refractivity contribution in [1.29, 1.82) is 0 Å². The SMILES string of the molecule is CCCCOCCN=C(NCC)N(C)Cc1cc(Cl)cn1C.I. The predicted molar refractivity (Wildman–Crippen MR) is 109 cm³/mol. The lowest BCUT2D eigenvalue weighted by atomic mass is 10.4. The van der Waals surface area contributed by atoms with Gasteiger partial charge >= 0.3 is 0 Å². The third-order valence-electron chi connectivity index (χ3n) is 3.31. The molecule has 5 nitrogen and oxygen atoms in total. The summed E-state index contributed by atoms with van der Waals surface area (Å²) in [7, 11) is 4.03. The fourth-order valence-corrected chi connectivity index (χ4v) is 2.35. The van der Waals surface area contributed by atoms with Crippen molar-refractivity contribution in [3.05, 3.63) is 23.0 Å². The highest BCUT2D eigenvalue weighted by molar-refractivity contribution is 14.0. The van der Waals surface area contributed by atoms with E-state index < -0.39 is 0 Å². The lowest BCUT2D eigenvalue weighted by Crippen LogP contribution is -2.39. The molecular formula is C16H30ClIN4O. The topological polar surface area (TPSA) is 41.8 Å². The van der Waals surface area contributed by atoms with E-state index in [1.807, 2.05) is 30.9 Å². The summed E-state index contributed by atoms with van der Waals surface area (Å²) in [6.45, 7) is 7.98. The normalized spacial score (nSPS) is 11.3. The number of rotatable bonds is 9. The summed E-state index contributed by atoms with van der Waals surface area (Å²) in [6, 6.07) is 1.98. The molecular weight excluding hydrogens is 427 g/mol. The summed E-state index contributed by atoms with van der Waals surface area (Å²) >= 11 is 6.03. The highest BCUT2D eigenvalue weighted by atomic mass is 127. The van der Waals surface area contributed by atoms with E-state index in [0.29, 0.717) is 13.2 Å². The van der Waals surface area contributed by atoms with Crippen molar-refractivity contribution in [2.24, 2.45) is 12.0 Å². The molecule has 0 aliphatic carbocycles. The molecule has 1 aromatic heterocycles. The van der Waals surface area contributed by atoms with Crippen molar-refractivity contribution in [1.82, 2.24) is 14.8 Å². The molecule has 0 spiro atoms. The van der Waals surface area contributed by atoms with Crippen molar-refractivity contribution >= 4 is 41.5 Å². The minimum Gasteiger partial charge on any atom is -0.380 e. The first-order valence-corrected chi connectivity index (χ1v) is 8.34. The Labute approximate surface area is 162 Å². The van der Waals surface area contributed by atoms with Gasteiger partial charge in [0.2, 0.25) is 0 Å². The molecule has 0 aromatic carbocycles. The van der Waals surface area contributed by atoms with Crippen LogP contribution in [0.4, 0.5) is 0 Å². The number of hydrogen-bond acceptors (Lipinski definition) is 2. The quantitative estimate of drug-likeness (QED) is 0.268. The maximum atomic E-state index is 6.03. The van der Waals surface area contributed by atoms with Crippen LogP contribution in [-0.2, 0) is 18.3 Å². The highest BCUT2D eigenvalue weighted by Gasteiger charge is 2.09. The van der Waals surface area contributed by atoms with Crippen LogP contribution in [0.3, 0.4) is 0 Å². The average Bonchev–Trinajstić information content (AvgIpc) is 2.79. The first-order chi connectivity index (χ1) is 10.6. The van der Waals surface area contributed by atoms with Gasteiger partial charge in [0.15, 0.2) is 5.96 Å². The zero-order valence-electron chi connectivity index (χ0n) is 14.6. The maximum absolute atomic E-state index is 6.03. The number of halogens is 2. The summed E-state index contributed by atoms with van der Waals surface area (Å²) < 4.78 is 7.59. The van der Waals surface area contributed by atoms with Gasteiger partial charge < -0.3 is 19.5 Å². The van der Waals surface area contributed by atoms with Gasteiger partial charge in [0.05, 0.1) is 24.7 Å². The fourth-order valence-electron chi connectivity index (χ4n) is 2.08. The van der Waals surface area contributed by atoms with E-state index in [2.05, 4.69) is 29.1 Å². The number of guanidine groups is 1. The van der Waals surface area contributed by atoms with E-state index in [4.69, 9.17) is 16.3 Å². The number of hydrogen-bond donors (Lipinski definition) is 1. The van der Waals surface area contributed by atoms with Crippen molar-refractivity contribution in [3.8, 4) is 0 Å². The number of ether oxygens (including phenoxy) is 1. The van der Waals surface area contributed by atoms with Gasteiger partial charge in [-0.05, 0) is 19.4 Å². The Hall–Kier alpha value is -0.470. The van der Waals surface area contributed by atoms with Crippen LogP contribution >= 0.6 is 35.6 Å². The lowest BCUT2D eigenvalue weighted by Gasteiger charge is -2.22. The van der Waals surface area contributed by atoms with Crippen LogP contribution in [0.2, 0.25) is 5.02 Å². The van der Waals surface area contributed by atoms with Crippen molar-refractivity contribution in [2.75, 3.05) is 33.4 Å². The lowest BCUT2D eigenvalue weighted by molar-refractivity contribution is 0.138. The first kappa shape index (κ1) is 22.5. The second kappa shape index (κ2) is 12.9. The molecule has 7 heteroatoms. The summed E-state index contributed by atoms with van der Waals surface area (Å²) in [4.78, 5) is 6.71. The molecule has 134 valence electrons. The van der Waals surface area contributed by atoms with Gasteiger partial charge in [-0.2, -0.15) is 0 Å². The Morgan fingerprint density at radius 1 is 1.39 bits per heavy atom. The number of aryl methyl sites for hydroxylation is 1. The minimum atomic E-state index is 0. The van der Waals surface area contributed by atoms with Crippen LogP contribution in [0.25, 0.3) is 0 Å². The summed E-state index contributed by atoms with van der Waals surface area (Å²) in [6.07, 6.45) is 4.18. The molecule has 0 unspecified atom stereocenters. The van der Waals surface area contributed by atoms with Gasteiger partial charge in [-0.25, -0.2) is 0 Å². The van der Waals surface area contributed by atoms with Gasteiger partial charge in [-0.1, -0.05) is 24.9 Å². The molecule has 1 aromatic rings. The summed E-state index contributed by atoms with van der Waals surface area (Å²) in [5, 5.41) is 4.07. The molecule has 0 saturated heterocycles. The van der Waals surface area contributed by atoms with E-state index in [-0.39, 0.29) is 24.0 Å². The first-order valence-electron chi connectivity index (χ1n) is 7.96. The third-order valence-corrected chi connectivity index (χ3v) is 3.52. The second-order valence-corrected chi connectivity index (χ2v) is 5.75. The molecule has 1 N–H and O–H groups in total. The number of nitrogens with one attached hydrogen (secondary N) is 1. The van der Waals surface area contributed by atoms with E-state index >= 15 is 0 Å². The van der Waals surface area contributed by atoms with Crippen LogP contribution in [0.1, 0.15) is 32.4 Å². The van der Waals surface area contributed by atoms with Crippen molar-refractivity contribution in [3.63, 3.8) is 0 Å². The minimum absolute atomic E-state index is 0. The van der Waals surface area contributed by atoms with E-state index in [1.54, 1.807) is 0 Å². The predicted octanol–water partition coefficient (Wildman–Crippen LogP) is 3.51. The number of unbranched alkanes of at least 4 members (excludes halogenated alkanes) is 1. The van der Waals surface area contributed by atoms with E-state index in [9.17, 15) is 0 Å². The van der Waals surface area contributed by atoms with Crippen LogP contribution in [0, 0.1) is 0 Å². The van der Waals surface area contributed by atoms with Gasteiger partial charge in [0.25, 0.3) is 0 Å². The van der Waals surface area contributed by atoms with Crippen molar-refractivity contribution < 1.29 is 4.74 Å². The molecule has 0 amide bonds. The molecule has 0 fully saturated rings. The molecule has 0 radical (unpaired) electrons. The van der Waals surface area contributed by atoms with E-state index in [1.165, 1.54) is 0 Å². The van der Waals surface area contributed by atoms with E-state index in [0.717, 1.165) is 49.2 Å². The molecule has 23 heavy (non-hydrogen) atoms. The molecule has 0 saturated carbocycles. The highest BCUT2D eigenvalue weighted by Crippen LogP contribution is 2.14. The maximum Gasteiger partial charge on any atom is 0.194 e. The third kappa shape index (κ3) is 8.81. The smallest absolute Gasteiger partial charge is 0.194 e. The number of aromatic nitrogens is 1. The molecule has 0 bridgehead atoms. The average molecular weight is 457 g/mol. The van der Waals surface area contributed by atoms with Crippen LogP contribution < -0.4 is 5.32 Å². The largest absolute Gasteiger partial charge is 0.380 e. The van der Waals surface area contributed by atoms with Gasteiger partial charge in [0, 0.05) is 39.1 Å². The summed E-state index contributed by atoms with van der Waals surface area (Å²) in [5.74, 6) is 0.888. The Kier molecular flexibility index (Phi) is 12.6.